The lowest BCUT2D eigenvalue weighted by molar-refractivity contribution is -0.142. The third-order valence-electron chi connectivity index (χ3n) is 7.36. The number of hydrogen-bond acceptors (Lipinski definition) is 6. The molecule has 0 spiro atoms. The lowest BCUT2D eigenvalue weighted by atomic mass is 9.89. The molecule has 9 heteroatoms. The molecule has 1 aromatic carbocycles. The van der Waals surface area contributed by atoms with Crippen molar-refractivity contribution in [1.82, 2.24) is 20.1 Å². The van der Waals surface area contributed by atoms with Gasteiger partial charge in [-0.3, -0.25) is 19.3 Å². The van der Waals surface area contributed by atoms with E-state index in [2.05, 4.69) is 5.32 Å². The van der Waals surface area contributed by atoms with E-state index < -0.39 is 5.97 Å². The molecule has 1 aliphatic carbocycles. The van der Waals surface area contributed by atoms with Gasteiger partial charge in [0.05, 0.1) is 34.7 Å². The quantitative estimate of drug-likeness (QED) is 0.465. The number of nitrogens with one attached hydrogen (secondary N) is 1. The van der Waals surface area contributed by atoms with Gasteiger partial charge in [0.2, 0.25) is 5.91 Å². The molecule has 5 rings (SSSR count). The predicted octanol–water partition coefficient (Wildman–Crippen LogP) is 4.00. The van der Waals surface area contributed by atoms with Gasteiger partial charge in [-0.25, -0.2) is 4.98 Å². The van der Waals surface area contributed by atoms with Crippen LogP contribution in [0.4, 0.5) is 0 Å². The molecule has 2 N–H and O–H groups in total. The molecule has 1 saturated carbocycles. The third-order valence-corrected chi connectivity index (χ3v) is 8.23. The number of nitrogens with zero attached hydrogens (tertiary/aromatic N) is 3. The second kappa shape index (κ2) is 11.4. The highest BCUT2D eigenvalue weighted by atomic mass is 32.1. The Balaban J connectivity index is 1.51. The number of fused-ring (bicyclic) bond motifs is 1. The number of thiophene rings is 1. The maximum atomic E-state index is 13.8. The second-order valence-electron chi connectivity index (χ2n) is 9.94. The molecule has 0 bridgehead atoms. The zero-order valence-corrected chi connectivity index (χ0v) is 21.6. The van der Waals surface area contributed by atoms with Gasteiger partial charge in [0, 0.05) is 37.1 Å². The maximum absolute atomic E-state index is 13.8. The Morgan fingerprint density at radius 1 is 1.08 bits per heavy atom. The van der Waals surface area contributed by atoms with Gasteiger partial charge < -0.3 is 15.3 Å². The number of amides is 2. The highest BCUT2D eigenvalue weighted by Crippen LogP contribution is 2.34. The van der Waals surface area contributed by atoms with E-state index in [1.54, 1.807) is 21.1 Å². The minimum atomic E-state index is -0.947. The number of carboxylic acids is 1. The van der Waals surface area contributed by atoms with Gasteiger partial charge in [0.15, 0.2) is 0 Å². The van der Waals surface area contributed by atoms with Crippen LogP contribution >= 0.6 is 11.3 Å². The number of pyridine rings is 1. The van der Waals surface area contributed by atoms with Crippen LogP contribution in [0.3, 0.4) is 0 Å². The smallest absolute Gasteiger partial charge is 0.317 e. The number of carboxylic acid groups (broad SMARTS) is 1. The summed E-state index contributed by atoms with van der Waals surface area (Å²) in [6.45, 7) is 1.65. The summed E-state index contributed by atoms with van der Waals surface area (Å²) in [6.07, 6.45) is 5.96. The Hall–Kier alpha value is -3.30. The van der Waals surface area contributed by atoms with Crippen molar-refractivity contribution in [3.05, 3.63) is 52.9 Å². The van der Waals surface area contributed by atoms with Crippen molar-refractivity contribution in [3.63, 3.8) is 0 Å². The van der Waals surface area contributed by atoms with E-state index in [1.165, 1.54) is 19.3 Å². The van der Waals surface area contributed by atoms with Crippen LogP contribution in [0.2, 0.25) is 0 Å². The summed E-state index contributed by atoms with van der Waals surface area (Å²) in [5, 5.41) is 15.1. The van der Waals surface area contributed by atoms with Crippen molar-refractivity contribution < 1.29 is 19.5 Å². The largest absolute Gasteiger partial charge is 0.480 e. The van der Waals surface area contributed by atoms with Crippen molar-refractivity contribution in [3.8, 4) is 10.6 Å². The fraction of sp³-hybridized carbons (Fsp3) is 0.429. The van der Waals surface area contributed by atoms with E-state index in [4.69, 9.17) is 10.1 Å². The average molecular weight is 521 g/mol. The monoisotopic (exact) mass is 520 g/mol. The van der Waals surface area contributed by atoms with Crippen LogP contribution in [0.25, 0.3) is 21.5 Å². The Morgan fingerprint density at radius 2 is 1.89 bits per heavy atom. The first-order valence-corrected chi connectivity index (χ1v) is 13.8. The number of benzene rings is 1. The van der Waals surface area contributed by atoms with Crippen LogP contribution in [-0.4, -0.2) is 70.4 Å². The van der Waals surface area contributed by atoms with Crippen molar-refractivity contribution in [2.45, 2.75) is 38.6 Å². The molecule has 2 aliphatic rings. The first-order chi connectivity index (χ1) is 18.0. The first-order valence-electron chi connectivity index (χ1n) is 12.9. The summed E-state index contributed by atoms with van der Waals surface area (Å²) in [4.78, 5) is 47.3. The van der Waals surface area contributed by atoms with Gasteiger partial charge in [0.1, 0.15) is 0 Å². The van der Waals surface area contributed by atoms with Gasteiger partial charge in [-0.1, -0.05) is 43.5 Å². The molecular formula is C28H32N4O4S. The number of rotatable bonds is 8. The molecule has 194 valence electrons. The van der Waals surface area contributed by atoms with Gasteiger partial charge in [-0.15, -0.1) is 11.3 Å². The van der Waals surface area contributed by atoms with Gasteiger partial charge >= 0.3 is 5.97 Å². The lowest BCUT2D eigenvalue weighted by Crippen LogP contribution is -2.51. The molecular weight excluding hydrogens is 488 g/mol. The summed E-state index contributed by atoms with van der Waals surface area (Å²) in [7, 11) is 0. The molecule has 3 aromatic rings. The fourth-order valence-corrected chi connectivity index (χ4v) is 6.18. The van der Waals surface area contributed by atoms with E-state index in [1.807, 2.05) is 41.8 Å². The zero-order chi connectivity index (χ0) is 25.8. The van der Waals surface area contributed by atoms with E-state index in [-0.39, 0.29) is 31.4 Å². The number of piperazine rings is 1. The molecule has 0 atom stereocenters. The van der Waals surface area contributed by atoms with Crippen LogP contribution in [0.5, 0.6) is 0 Å². The topological polar surface area (TPSA) is 103 Å². The minimum Gasteiger partial charge on any atom is -0.480 e. The van der Waals surface area contributed by atoms with Crippen molar-refractivity contribution in [1.29, 1.82) is 0 Å². The van der Waals surface area contributed by atoms with Crippen LogP contribution < -0.4 is 5.32 Å². The molecule has 8 nitrogen and oxygen atoms in total. The average Bonchev–Trinajstić information content (AvgIpc) is 3.43. The molecule has 37 heavy (non-hydrogen) atoms. The van der Waals surface area contributed by atoms with E-state index in [0.717, 1.165) is 39.9 Å². The molecule has 0 unspecified atom stereocenters. The maximum Gasteiger partial charge on any atom is 0.317 e. The van der Waals surface area contributed by atoms with Crippen molar-refractivity contribution in [2.24, 2.45) is 5.92 Å². The SMILES string of the molecule is O=C(O)CN1CCN(Cc2c(-c3cccs3)nc3ccccc3c2C(=O)NCC2CCCCC2)C(=O)C1. The highest BCUT2D eigenvalue weighted by molar-refractivity contribution is 7.13. The lowest BCUT2D eigenvalue weighted by Gasteiger charge is -2.34. The van der Waals surface area contributed by atoms with Crippen LogP contribution in [0, 0.1) is 5.92 Å². The first kappa shape index (κ1) is 25.4. The van der Waals surface area contributed by atoms with E-state index >= 15 is 0 Å². The van der Waals surface area contributed by atoms with Crippen LogP contribution in [0.1, 0.15) is 48.0 Å². The molecule has 3 heterocycles. The second-order valence-corrected chi connectivity index (χ2v) is 10.9. The molecule has 2 fully saturated rings. The molecule has 1 saturated heterocycles. The summed E-state index contributed by atoms with van der Waals surface area (Å²) in [6, 6.07) is 11.6. The number of aromatic nitrogens is 1. The fourth-order valence-electron chi connectivity index (χ4n) is 5.44. The number of hydrogen-bond donors (Lipinski definition) is 2. The predicted molar refractivity (Wildman–Crippen MR) is 143 cm³/mol. The zero-order valence-electron chi connectivity index (χ0n) is 20.8. The van der Waals surface area contributed by atoms with E-state index in [0.29, 0.717) is 31.1 Å². The highest BCUT2D eigenvalue weighted by Gasteiger charge is 2.29. The van der Waals surface area contributed by atoms with Crippen LogP contribution in [0.15, 0.2) is 41.8 Å². The van der Waals surface area contributed by atoms with Gasteiger partial charge in [-0.2, -0.15) is 0 Å². The van der Waals surface area contributed by atoms with Gasteiger partial charge in [0.25, 0.3) is 5.91 Å². The molecule has 2 amide bonds. The summed E-state index contributed by atoms with van der Waals surface area (Å²) in [5.74, 6) is -0.730. The Bertz CT molecular complexity index is 1290. The third kappa shape index (κ3) is 5.83. The number of aliphatic carboxylic acids is 1. The van der Waals surface area contributed by atoms with Gasteiger partial charge in [-0.05, 0) is 36.3 Å². The summed E-state index contributed by atoms with van der Waals surface area (Å²) < 4.78 is 0. The summed E-state index contributed by atoms with van der Waals surface area (Å²) >= 11 is 1.55. The Kier molecular flexibility index (Phi) is 7.81. The normalized spacial score (nSPS) is 17.3. The number of carbonyl (C=O) groups excluding carboxylic acids is 2. The molecule has 2 aromatic heterocycles. The standard InChI is InChI=1S/C28H32N4O4S/c33-24-17-31(18-25(34)35)12-13-32(24)16-21-26(28(36)29-15-19-7-2-1-3-8-19)20-9-4-5-10-22(20)30-27(21)23-11-6-14-37-23/h4-6,9-11,14,19H,1-3,7-8,12-13,15-18H2,(H,29,36)(H,34,35). The van der Waals surface area contributed by atoms with E-state index in [9.17, 15) is 14.4 Å². The minimum absolute atomic E-state index is 0.0465. The Labute approximate surface area is 220 Å². The Morgan fingerprint density at radius 3 is 2.62 bits per heavy atom. The molecule has 0 radical (unpaired) electrons. The summed E-state index contributed by atoms with van der Waals surface area (Å²) in [5.41, 5.74) is 2.78. The van der Waals surface area contributed by atoms with Crippen molar-refractivity contribution >= 4 is 40.0 Å². The van der Waals surface area contributed by atoms with Crippen molar-refractivity contribution in [2.75, 3.05) is 32.7 Å². The number of carbonyl (C=O) groups is 3. The molecule has 1 aliphatic heterocycles. The van der Waals surface area contributed by atoms with Crippen LogP contribution in [-0.2, 0) is 16.1 Å². The number of para-hydroxylation sites is 1.